The summed E-state index contributed by atoms with van der Waals surface area (Å²) in [5.41, 5.74) is 6.91. The van der Waals surface area contributed by atoms with Gasteiger partial charge in [-0.05, 0) is 38.7 Å². The Kier molecular flexibility index (Phi) is 3.36. The highest BCUT2D eigenvalue weighted by Crippen LogP contribution is 2.35. The maximum Gasteiger partial charge on any atom is 0.264 e. The van der Waals surface area contributed by atoms with Crippen LogP contribution in [0.1, 0.15) is 41.3 Å². The molecule has 1 amide bonds. The van der Waals surface area contributed by atoms with E-state index in [4.69, 9.17) is 5.73 Å². The summed E-state index contributed by atoms with van der Waals surface area (Å²) in [5, 5.41) is 0.828. The van der Waals surface area contributed by atoms with Crippen LogP contribution in [0.15, 0.2) is 0 Å². The number of hydrogen-bond acceptors (Lipinski definition) is 5. The number of thiophene rings is 1. The predicted molar refractivity (Wildman–Crippen MR) is 85.6 cm³/mol. The Morgan fingerprint density at radius 2 is 2.05 bits per heavy atom. The van der Waals surface area contributed by atoms with Crippen LogP contribution < -0.4 is 5.73 Å². The van der Waals surface area contributed by atoms with Crippen molar-refractivity contribution in [3.8, 4) is 0 Å². The number of anilines is 1. The van der Waals surface area contributed by atoms with Gasteiger partial charge in [-0.15, -0.1) is 11.3 Å². The van der Waals surface area contributed by atoms with Gasteiger partial charge >= 0.3 is 0 Å². The molecule has 1 saturated heterocycles. The van der Waals surface area contributed by atoms with Crippen molar-refractivity contribution < 1.29 is 4.79 Å². The Morgan fingerprint density at radius 3 is 2.67 bits per heavy atom. The molecule has 0 radical (unpaired) electrons. The molecule has 0 aliphatic carbocycles. The Morgan fingerprint density at radius 1 is 1.33 bits per heavy atom. The topological polar surface area (TPSA) is 72.1 Å². The molecule has 21 heavy (non-hydrogen) atoms. The van der Waals surface area contributed by atoms with Crippen LogP contribution in [0.2, 0.25) is 0 Å². The minimum Gasteiger partial charge on any atom is -0.383 e. The normalized spacial score (nSPS) is 22.2. The van der Waals surface area contributed by atoms with E-state index in [-0.39, 0.29) is 5.91 Å². The van der Waals surface area contributed by atoms with E-state index in [1.165, 1.54) is 11.3 Å². The third-order valence-corrected chi connectivity index (χ3v) is 5.34. The number of aryl methyl sites for hydroxylation is 2. The second-order valence-electron chi connectivity index (χ2n) is 6.04. The highest BCUT2D eigenvalue weighted by Gasteiger charge is 2.32. The molecular formula is C15H20N4OS. The Balaban J connectivity index is 2.07. The molecular weight excluding hydrogens is 284 g/mol. The highest BCUT2D eigenvalue weighted by atomic mass is 32.1. The number of carbonyl (C=O) groups excluding carboxylic acids is 1. The number of hydrogen-bond donors (Lipinski definition) is 1. The predicted octanol–water partition coefficient (Wildman–Crippen LogP) is 2.76. The molecule has 3 rings (SSSR count). The molecule has 1 fully saturated rings. The lowest BCUT2D eigenvalue weighted by Gasteiger charge is -2.21. The van der Waals surface area contributed by atoms with Gasteiger partial charge in [-0.3, -0.25) is 4.79 Å². The van der Waals surface area contributed by atoms with Crippen LogP contribution in [0, 0.1) is 19.8 Å². The molecule has 0 aromatic carbocycles. The average Bonchev–Trinajstić information content (AvgIpc) is 2.89. The standard InChI is InChI=1S/C15H20N4OS/c1-7-5-8(2)19(6-7)15(20)12-9(3)11-13(16)17-10(4)18-14(11)21-12/h7-8H,5-6H2,1-4H3,(H2,16,17,18). The first kappa shape index (κ1) is 14.3. The lowest BCUT2D eigenvalue weighted by Crippen LogP contribution is -2.33. The first-order valence-corrected chi connectivity index (χ1v) is 8.04. The molecule has 6 heteroatoms. The highest BCUT2D eigenvalue weighted by molar-refractivity contribution is 7.20. The molecule has 2 aromatic heterocycles. The van der Waals surface area contributed by atoms with Crippen LogP contribution in [0.25, 0.3) is 10.2 Å². The zero-order chi connectivity index (χ0) is 15.3. The van der Waals surface area contributed by atoms with Crippen LogP contribution >= 0.6 is 11.3 Å². The maximum absolute atomic E-state index is 12.8. The largest absolute Gasteiger partial charge is 0.383 e. The lowest BCUT2D eigenvalue weighted by atomic mass is 10.1. The van der Waals surface area contributed by atoms with Crippen molar-refractivity contribution in [2.24, 2.45) is 5.92 Å². The van der Waals surface area contributed by atoms with Crippen LogP contribution in [-0.4, -0.2) is 33.4 Å². The number of likely N-dealkylation sites (tertiary alicyclic amines) is 1. The van der Waals surface area contributed by atoms with E-state index >= 15 is 0 Å². The number of rotatable bonds is 1. The zero-order valence-electron chi connectivity index (χ0n) is 12.8. The van der Waals surface area contributed by atoms with E-state index in [0.717, 1.165) is 33.6 Å². The quantitative estimate of drug-likeness (QED) is 0.879. The maximum atomic E-state index is 12.8. The van der Waals surface area contributed by atoms with Crippen molar-refractivity contribution in [1.82, 2.24) is 14.9 Å². The zero-order valence-corrected chi connectivity index (χ0v) is 13.6. The fourth-order valence-electron chi connectivity index (χ4n) is 3.20. The van der Waals surface area contributed by atoms with Gasteiger partial charge in [-0.2, -0.15) is 0 Å². The minimum absolute atomic E-state index is 0.101. The van der Waals surface area contributed by atoms with E-state index in [1.807, 2.05) is 18.7 Å². The second kappa shape index (κ2) is 4.94. The summed E-state index contributed by atoms with van der Waals surface area (Å²) in [6, 6.07) is 0.294. The Bertz CT molecular complexity index is 724. The van der Waals surface area contributed by atoms with Gasteiger partial charge < -0.3 is 10.6 Å². The molecule has 112 valence electrons. The van der Waals surface area contributed by atoms with E-state index < -0.39 is 0 Å². The first-order chi connectivity index (χ1) is 9.88. The lowest BCUT2D eigenvalue weighted by molar-refractivity contribution is 0.0748. The monoisotopic (exact) mass is 304 g/mol. The fraction of sp³-hybridized carbons (Fsp3) is 0.533. The summed E-state index contributed by atoms with van der Waals surface area (Å²) in [6.45, 7) is 8.88. The molecule has 1 aliphatic heterocycles. The van der Waals surface area contributed by atoms with Crippen molar-refractivity contribution in [3.05, 3.63) is 16.3 Å². The molecule has 2 N–H and O–H groups in total. The smallest absolute Gasteiger partial charge is 0.264 e. The number of aromatic nitrogens is 2. The van der Waals surface area contributed by atoms with Gasteiger partial charge in [0.15, 0.2) is 0 Å². The van der Waals surface area contributed by atoms with E-state index in [9.17, 15) is 4.79 Å². The fourth-order valence-corrected chi connectivity index (χ4v) is 4.39. The van der Waals surface area contributed by atoms with Crippen LogP contribution in [0.5, 0.6) is 0 Å². The van der Waals surface area contributed by atoms with Crippen LogP contribution in [0.4, 0.5) is 5.82 Å². The first-order valence-electron chi connectivity index (χ1n) is 7.22. The van der Waals surface area contributed by atoms with Gasteiger partial charge in [0, 0.05) is 12.6 Å². The van der Waals surface area contributed by atoms with Gasteiger partial charge in [0.25, 0.3) is 5.91 Å². The third-order valence-electron chi connectivity index (χ3n) is 4.17. The molecule has 2 aromatic rings. The van der Waals surface area contributed by atoms with Crippen molar-refractivity contribution >= 4 is 33.3 Å². The molecule has 3 heterocycles. The molecule has 2 unspecified atom stereocenters. The summed E-state index contributed by atoms with van der Waals surface area (Å²) in [4.78, 5) is 25.0. The summed E-state index contributed by atoms with van der Waals surface area (Å²) >= 11 is 1.43. The average molecular weight is 304 g/mol. The van der Waals surface area contributed by atoms with Crippen LogP contribution in [-0.2, 0) is 0 Å². The Hall–Kier alpha value is -1.69. The second-order valence-corrected chi connectivity index (χ2v) is 7.04. The molecule has 5 nitrogen and oxygen atoms in total. The van der Waals surface area contributed by atoms with E-state index in [0.29, 0.717) is 23.6 Å². The number of nitrogens with two attached hydrogens (primary N) is 1. The van der Waals surface area contributed by atoms with Crippen molar-refractivity contribution in [1.29, 1.82) is 0 Å². The molecule has 0 bridgehead atoms. The summed E-state index contributed by atoms with van der Waals surface area (Å²) in [5.74, 6) is 1.77. The molecule has 1 aliphatic rings. The molecule has 0 saturated carbocycles. The van der Waals surface area contributed by atoms with Crippen molar-refractivity contribution in [2.75, 3.05) is 12.3 Å². The number of nitrogens with zero attached hydrogens (tertiary/aromatic N) is 3. The van der Waals surface area contributed by atoms with Gasteiger partial charge in [0.1, 0.15) is 16.5 Å². The Labute approximate surface area is 128 Å². The van der Waals surface area contributed by atoms with Gasteiger partial charge in [0.05, 0.1) is 10.3 Å². The number of nitrogen functional groups attached to an aromatic ring is 1. The molecule has 0 spiro atoms. The summed E-state index contributed by atoms with van der Waals surface area (Å²) in [6.07, 6.45) is 1.07. The van der Waals surface area contributed by atoms with E-state index in [1.54, 1.807) is 0 Å². The number of fused-ring (bicyclic) bond motifs is 1. The van der Waals surface area contributed by atoms with E-state index in [2.05, 4.69) is 23.8 Å². The van der Waals surface area contributed by atoms with Crippen molar-refractivity contribution in [3.63, 3.8) is 0 Å². The van der Waals surface area contributed by atoms with Gasteiger partial charge in [-0.25, -0.2) is 9.97 Å². The number of amides is 1. The van der Waals surface area contributed by atoms with Gasteiger partial charge in [0.2, 0.25) is 0 Å². The minimum atomic E-state index is 0.101. The van der Waals surface area contributed by atoms with Gasteiger partial charge in [-0.1, -0.05) is 6.92 Å². The summed E-state index contributed by atoms with van der Waals surface area (Å²) in [7, 11) is 0. The number of carbonyl (C=O) groups is 1. The van der Waals surface area contributed by atoms with Crippen molar-refractivity contribution in [2.45, 2.75) is 40.2 Å². The SMILES string of the molecule is Cc1nc(N)c2c(C)c(C(=O)N3CC(C)CC3C)sc2n1. The summed E-state index contributed by atoms with van der Waals surface area (Å²) < 4.78 is 0. The molecule has 2 atom stereocenters. The third kappa shape index (κ3) is 2.27. The van der Waals surface area contributed by atoms with Crippen LogP contribution in [0.3, 0.4) is 0 Å².